The Morgan fingerprint density at radius 1 is 1.15 bits per heavy atom. The molecule has 1 amide bonds. The van der Waals surface area contributed by atoms with Crippen LogP contribution in [0, 0.1) is 6.92 Å². The van der Waals surface area contributed by atoms with Crippen molar-refractivity contribution < 1.29 is 4.79 Å². The number of hydrogen-bond donors (Lipinski definition) is 2. The number of fused-ring (bicyclic) bond motifs is 1. The van der Waals surface area contributed by atoms with E-state index in [-0.39, 0.29) is 17.5 Å². The summed E-state index contributed by atoms with van der Waals surface area (Å²) in [7, 11) is 1.70. The van der Waals surface area contributed by atoms with E-state index in [1.807, 2.05) is 19.1 Å². The predicted octanol–water partition coefficient (Wildman–Crippen LogP) is 2.00. The first-order chi connectivity index (χ1) is 13.0. The molecule has 1 aliphatic carbocycles. The SMILES string of the molecule is Cc1ccc(-n2c(=O)[nH]c3c(C(=O)NC4CCCC4)cn(C)c3c2=O)cc1. The number of amides is 1. The van der Waals surface area contributed by atoms with E-state index < -0.39 is 11.2 Å². The Morgan fingerprint density at radius 3 is 2.48 bits per heavy atom. The van der Waals surface area contributed by atoms with Crippen molar-refractivity contribution in [3.63, 3.8) is 0 Å². The molecule has 1 aromatic carbocycles. The smallest absolute Gasteiger partial charge is 0.333 e. The highest BCUT2D eigenvalue weighted by Crippen LogP contribution is 2.20. The lowest BCUT2D eigenvalue weighted by Crippen LogP contribution is -2.35. The number of aromatic nitrogens is 3. The molecule has 0 radical (unpaired) electrons. The van der Waals surface area contributed by atoms with Crippen molar-refractivity contribution in [2.75, 3.05) is 0 Å². The summed E-state index contributed by atoms with van der Waals surface area (Å²) in [5.41, 5.74) is 1.43. The van der Waals surface area contributed by atoms with E-state index in [1.165, 1.54) is 0 Å². The van der Waals surface area contributed by atoms with Crippen LogP contribution < -0.4 is 16.6 Å². The maximum atomic E-state index is 13.0. The third kappa shape index (κ3) is 2.99. The molecule has 0 unspecified atom stereocenters. The minimum atomic E-state index is -0.558. The number of benzene rings is 1. The van der Waals surface area contributed by atoms with E-state index in [0.29, 0.717) is 16.8 Å². The Kier molecular flexibility index (Phi) is 4.22. The number of nitrogens with one attached hydrogen (secondary N) is 2. The molecule has 2 heterocycles. The molecule has 1 saturated carbocycles. The molecule has 1 aliphatic rings. The van der Waals surface area contributed by atoms with Gasteiger partial charge in [-0.1, -0.05) is 30.5 Å². The molecular formula is C20H22N4O3. The van der Waals surface area contributed by atoms with Crippen LogP contribution in [0.2, 0.25) is 0 Å². The van der Waals surface area contributed by atoms with Crippen LogP contribution in [-0.4, -0.2) is 26.1 Å². The molecule has 0 bridgehead atoms. The number of carbonyl (C=O) groups excluding carboxylic acids is 1. The van der Waals surface area contributed by atoms with Crippen molar-refractivity contribution in [1.29, 1.82) is 0 Å². The van der Waals surface area contributed by atoms with Crippen molar-refractivity contribution in [2.24, 2.45) is 7.05 Å². The number of nitrogens with zero attached hydrogens (tertiary/aromatic N) is 2. The molecule has 0 atom stereocenters. The number of aryl methyl sites for hydroxylation is 2. The van der Waals surface area contributed by atoms with E-state index >= 15 is 0 Å². The highest BCUT2D eigenvalue weighted by atomic mass is 16.2. The van der Waals surface area contributed by atoms with Crippen molar-refractivity contribution in [3.05, 3.63) is 62.4 Å². The van der Waals surface area contributed by atoms with E-state index in [4.69, 9.17) is 0 Å². The van der Waals surface area contributed by atoms with E-state index in [1.54, 1.807) is 29.9 Å². The normalized spacial score (nSPS) is 14.7. The Labute approximate surface area is 155 Å². The topological polar surface area (TPSA) is 88.9 Å². The molecule has 0 spiro atoms. The van der Waals surface area contributed by atoms with Gasteiger partial charge in [0.25, 0.3) is 11.5 Å². The second kappa shape index (κ2) is 6.57. The predicted molar refractivity (Wildman–Crippen MR) is 104 cm³/mol. The number of H-pyrrole nitrogens is 1. The first kappa shape index (κ1) is 17.3. The fourth-order valence-corrected chi connectivity index (χ4v) is 3.81. The van der Waals surface area contributed by atoms with Crippen LogP contribution in [-0.2, 0) is 7.05 Å². The van der Waals surface area contributed by atoms with Gasteiger partial charge in [-0.2, -0.15) is 0 Å². The fraction of sp³-hybridized carbons (Fsp3) is 0.350. The Bertz CT molecular complexity index is 1130. The molecule has 0 saturated heterocycles. The van der Waals surface area contributed by atoms with Crippen LogP contribution in [0.3, 0.4) is 0 Å². The molecule has 4 rings (SSSR count). The fourth-order valence-electron chi connectivity index (χ4n) is 3.81. The van der Waals surface area contributed by atoms with Gasteiger partial charge in [0.15, 0.2) is 0 Å². The Morgan fingerprint density at radius 2 is 1.81 bits per heavy atom. The summed E-state index contributed by atoms with van der Waals surface area (Å²) >= 11 is 0. The number of rotatable bonds is 3. The Hall–Kier alpha value is -3.09. The quantitative estimate of drug-likeness (QED) is 0.743. The second-order valence-corrected chi connectivity index (χ2v) is 7.24. The average Bonchev–Trinajstić information content (AvgIpc) is 3.24. The summed E-state index contributed by atoms with van der Waals surface area (Å²) in [6, 6.07) is 7.31. The van der Waals surface area contributed by atoms with Crippen LogP contribution in [0.25, 0.3) is 16.7 Å². The zero-order valence-electron chi connectivity index (χ0n) is 15.4. The summed E-state index contributed by atoms with van der Waals surface area (Å²) in [6.07, 6.45) is 5.75. The van der Waals surface area contributed by atoms with Gasteiger partial charge in [0, 0.05) is 19.3 Å². The third-order valence-electron chi connectivity index (χ3n) is 5.25. The first-order valence-electron chi connectivity index (χ1n) is 9.18. The standard InChI is InChI=1S/C20H22N4O3/c1-12-7-9-14(10-8-12)24-19(26)17-16(22-20(24)27)15(11-23(17)2)18(25)21-13-5-3-4-6-13/h7-11,13H,3-6H2,1-2H3,(H,21,25)(H,22,27). The lowest BCUT2D eigenvalue weighted by Gasteiger charge is -2.11. The molecule has 7 heteroatoms. The Balaban J connectivity index is 1.84. The van der Waals surface area contributed by atoms with Gasteiger partial charge in [-0.25, -0.2) is 9.36 Å². The summed E-state index contributed by atoms with van der Waals surface area (Å²) in [6.45, 7) is 1.94. The first-order valence-corrected chi connectivity index (χ1v) is 9.18. The number of aromatic amines is 1. The average molecular weight is 366 g/mol. The third-order valence-corrected chi connectivity index (χ3v) is 5.25. The minimum Gasteiger partial charge on any atom is -0.349 e. The zero-order chi connectivity index (χ0) is 19.1. The van der Waals surface area contributed by atoms with Crippen LogP contribution >= 0.6 is 0 Å². The van der Waals surface area contributed by atoms with E-state index in [0.717, 1.165) is 35.8 Å². The van der Waals surface area contributed by atoms with Gasteiger partial charge in [0.05, 0.1) is 16.8 Å². The molecule has 27 heavy (non-hydrogen) atoms. The van der Waals surface area contributed by atoms with Gasteiger partial charge in [0.1, 0.15) is 5.52 Å². The second-order valence-electron chi connectivity index (χ2n) is 7.24. The number of carbonyl (C=O) groups is 1. The van der Waals surface area contributed by atoms with Crippen LogP contribution in [0.5, 0.6) is 0 Å². The van der Waals surface area contributed by atoms with Gasteiger partial charge in [-0.3, -0.25) is 9.59 Å². The maximum Gasteiger partial charge on any atom is 0.333 e. The molecule has 140 valence electrons. The molecule has 2 aromatic heterocycles. The van der Waals surface area contributed by atoms with Gasteiger partial charge >= 0.3 is 5.69 Å². The summed E-state index contributed by atoms with van der Waals surface area (Å²) < 4.78 is 2.70. The van der Waals surface area contributed by atoms with Crippen molar-refractivity contribution in [2.45, 2.75) is 38.6 Å². The van der Waals surface area contributed by atoms with Crippen molar-refractivity contribution >= 4 is 16.9 Å². The van der Waals surface area contributed by atoms with Crippen LogP contribution in [0.1, 0.15) is 41.6 Å². The zero-order valence-corrected chi connectivity index (χ0v) is 15.4. The highest BCUT2D eigenvalue weighted by molar-refractivity contribution is 6.05. The monoisotopic (exact) mass is 366 g/mol. The molecule has 1 fully saturated rings. The summed E-state index contributed by atoms with van der Waals surface area (Å²) in [5.74, 6) is -0.254. The number of hydrogen-bond acceptors (Lipinski definition) is 3. The summed E-state index contributed by atoms with van der Waals surface area (Å²) in [5, 5.41) is 3.01. The molecule has 2 N–H and O–H groups in total. The largest absolute Gasteiger partial charge is 0.349 e. The van der Waals surface area contributed by atoms with Gasteiger partial charge in [-0.05, 0) is 31.9 Å². The van der Waals surface area contributed by atoms with E-state index in [2.05, 4.69) is 10.3 Å². The minimum absolute atomic E-state index is 0.160. The van der Waals surface area contributed by atoms with Gasteiger partial charge < -0.3 is 14.9 Å². The molecule has 3 aromatic rings. The van der Waals surface area contributed by atoms with E-state index in [9.17, 15) is 14.4 Å². The molecule has 7 nitrogen and oxygen atoms in total. The maximum absolute atomic E-state index is 13.0. The van der Waals surface area contributed by atoms with Gasteiger partial charge in [0.2, 0.25) is 0 Å². The van der Waals surface area contributed by atoms with Crippen LogP contribution in [0.4, 0.5) is 0 Å². The van der Waals surface area contributed by atoms with Crippen LogP contribution in [0.15, 0.2) is 40.1 Å². The lowest BCUT2D eigenvalue weighted by atomic mass is 10.2. The van der Waals surface area contributed by atoms with Crippen molar-refractivity contribution in [1.82, 2.24) is 19.4 Å². The van der Waals surface area contributed by atoms with Crippen molar-refractivity contribution in [3.8, 4) is 5.69 Å². The van der Waals surface area contributed by atoms with Gasteiger partial charge in [-0.15, -0.1) is 0 Å². The summed E-state index contributed by atoms with van der Waals surface area (Å²) in [4.78, 5) is 41.1. The molecular weight excluding hydrogens is 344 g/mol. The molecule has 0 aliphatic heterocycles. The lowest BCUT2D eigenvalue weighted by molar-refractivity contribution is 0.0939. The highest BCUT2D eigenvalue weighted by Gasteiger charge is 2.23.